The molecule has 120 valence electrons. The second kappa shape index (κ2) is 5.92. The predicted molar refractivity (Wildman–Crippen MR) is 95.1 cm³/mol. The fourth-order valence-electron chi connectivity index (χ4n) is 3.16. The molecule has 0 saturated carbocycles. The van der Waals surface area contributed by atoms with Gasteiger partial charge in [-0.2, -0.15) is 11.8 Å². The molecule has 0 aliphatic carbocycles. The number of aromatic nitrogens is 2. The number of para-hydroxylation sites is 1. The van der Waals surface area contributed by atoms with Crippen LogP contribution < -0.4 is 15.0 Å². The summed E-state index contributed by atoms with van der Waals surface area (Å²) in [7, 11) is 0. The Morgan fingerprint density at radius 2 is 2.09 bits per heavy atom. The van der Waals surface area contributed by atoms with Crippen LogP contribution in [0.1, 0.15) is 24.2 Å². The minimum absolute atomic E-state index is 0.0920. The van der Waals surface area contributed by atoms with Crippen molar-refractivity contribution in [3.8, 4) is 5.75 Å². The lowest BCUT2D eigenvalue weighted by Gasteiger charge is -2.30. The van der Waals surface area contributed by atoms with Crippen LogP contribution in [0.3, 0.4) is 0 Å². The summed E-state index contributed by atoms with van der Waals surface area (Å²) in [5.41, 5.74) is 3.14. The summed E-state index contributed by atoms with van der Waals surface area (Å²) in [5, 5.41) is 3.45. The van der Waals surface area contributed by atoms with Crippen molar-refractivity contribution in [2.75, 3.05) is 34.8 Å². The summed E-state index contributed by atoms with van der Waals surface area (Å²) < 4.78 is 6.27. The van der Waals surface area contributed by atoms with Crippen molar-refractivity contribution in [2.24, 2.45) is 0 Å². The van der Waals surface area contributed by atoms with Gasteiger partial charge in [-0.1, -0.05) is 12.1 Å². The van der Waals surface area contributed by atoms with E-state index in [9.17, 15) is 0 Å². The van der Waals surface area contributed by atoms with E-state index in [1.165, 1.54) is 0 Å². The Hall–Kier alpha value is -1.95. The number of hydrogen-bond acceptors (Lipinski definition) is 6. The number of thioether (sulfide) groups is 1. The first-order valence-electron chi connectivity index (χ1n) is 7.95. The van der Waals surface area contributed by atoms with Gasteiger partial charge in [0, 0.05) is 24.6 Å². The van der Waals surface area contributed by atoms with Gasteiger partial charge in [-0.05, 0) is 25.5 Å². The molecule has 6 heteroatoms. The van der Waals surface area contributed by atoms with Gasteiger partial charge in [0.25, 0.3) is 0 Å². The monoisotopic (exact) mass is 328 g/mol. The summed E-state index contributed by atoms with van der Waals surface area (Å²) in [6.45, 7) is 6.19. The zero-order valence-corrected chi connectivity index (χ0v) is 14.2. The molecule has 1 unspecified atom stereocenters. The van der Waals surface area contributed by atoms with Crippen LogP contribution in [0.25, 0.3) is 0 Å². The number of hydrogen-bond donors (Lipinski definition) is 1. The summed E-state index contributed by atoms with van der Waals surface area (Å²) in [5.74, 6) is 5.03. The maximum Gasteiger partial charge on any atom is 0.146 e. The van der Waals surface area contributed by atoms with E-state index in [0.717, 1.165) is 58.8 Å². The van der Waals surface area contributed by atoms with Gasteiger partial charge < -0.3 is 15.0 Å². The SMILES string of the molecule is Cc1cccc2c1OC(C)c1c(ncnc1N1CCSCC1)N2. The topological polar surface area (TPSA) is 50.3 Å². The zero-order chi connectivity index (χ0) is 15.8. The van der Waals surface area contributed by atoms with Crippen LogP contribution in [0.15, 0.2) is 24.5 Å². The Balaban J connectivity index is 1.79. The summed E-state index contributed by atoms with van der Waals surface area (Å²) >= 11 is 2.00. The molecule has 23 heavy (non-hydrogen) atoms. The lowest BCUT2D eigenvalue weighted by Crippen LogP contribution is -2.34. The number of benzene rings is 1. The van der Waals surface area contributed by atoms with Crippen molar-refractivity contribution in [1.29, 1.82) is 0 Å². The summed E-state index contributed by atoms with van der Waals surface area (Å²) in [6, 6.07) is 6.13. The van der Waals surface area contributed by atoms with Crippen LogP contribution in [0.2, 0.25) is 0 Å². The fraction of sp³-hybridized carbons (Fsp3) is 0.412. The van der Waals surface area contributed by atoms with E-state index in [4.69, 9.17) is 4.74 Å². The number of ether oxygens (including phenoxy) is 1. The van der Waals surface area contributed by atoms with Crippen LogP contribution in [0.5, 0.6) is 5.75 Å². The van der Waals surface area contributed by atoms with Crippen LogP contribution >= 0.6 is 11.8 Å². The van der Waals surface area contributed by atoms with Crippen molar-refractivity contribution in [1.82, 2.24) is 9.97 Å². The van der Waals surface area contributed by atoms with Gasteiger partial charge in [-0.3, -0.25) is 0 Å². The number of fused-ring (bicyclic) bond motifs is 2. The Kier molecular flexibility index (Phi) is 3.77. The number of nitrogens with one attached hydrogen (secondary N) is 1. The zero-order valence-electron chi connectivity index (χ0n) is 13.4. The van der Waals surface area contributed by atoms with E-state index in [1.54, 1.807) is 6.33 Å². The average Bonchev–Trinajstić information content (AvgIpc) is 2.73. The lowest BCUT2D eigenvalue weighted by atomic mass is 10.1. The molecule has 2 aromatic rings. The van der Waals surface area contributed by atoms with Gasteiger partial charge in [0.15, 0.2) is 0 Å². The first-order chi connectivity index (χ1) is 11.2. The first kappa shape index (κ1) is 14.6. The third kappa shape index (κ3) is 2.61. The van der Waals surface area contributed by atoms with Gasteiger partial charge in [0.2, 0.25) is 0 Å². The van der Waals surface area contributed by atoms with E-state index in [2.05, 4.69) is 40.1 Å². The molecule has 0 bridgehead atoms. The number of nitrogens with zero attached hydrogens (tertiary/aromatic N) is 3. The second-order valence-corrected chi connectivity index (χ2v) is 7.12. The van der Waals surface area contributed by atoms with E-state index in [0.29, 0.717) is 0 Å². The maximum absolute atomic E-state index is 6.27. The molecule has 5 nitrogen and oxygen atoms in total. The molecule has 4 rings (SSSR count). The Bertz CT molecular complexity index is 731. The van der Waals surface area contributed by atoms with E-state index >= 15 is 0 Å². The molecule has 0 amide bonds. The van der Waals surface area contributed by atoms with E-state index in [-0.39, 0.29) is 6.10 Å². The van der Waals surface area contributed by atoms with Crippen molar-refractivity contribution in [3.05, 3.63) is 35.7 Å². The molecule has 1 saturated heterocycles. The molecule has 1 atom stereocenters. The first-order valence-corrected chi connectivity index (χ1v) is 9.10. The van der Waals surface area contributed by atoms with Gasteiger partial charge in [-0.15, -0.1) is 0 Å². The van der Waals surface area contributed by atoms with Gasteiger partial charge in [0.1, 0.15) is 29.8 Å². The highest BCUT2D eigenvalue weighted by Gasteiger charge is 2.28. The quantitative estimate of drug-likeness (QED) is 0.864. The van der Waals surface area contributed by atoms with Gasteiger partial charge >= 0.3 is 0 Å². The average molecular weight is 328 g/mol. The number of anilines is 3. The minimum atomic E-state index is -0.0920. The molecule has 0 spiro atoms. The Morgan fingerprint density at radius 1 is 1.26 bits per heavy atom. The summed E-state index contributed by atoms with van der Waals surface area (Å²) in [6.07, 6.45) is 1.56. The smallest absolute Gasteiger partial charge is 0.146 e. The molecule has 0 radical (unpaired) electrons. The number of aryl methyl sites for hydroxylation is 1. The highest BCUT2D eigenvalue weighted by atomic mass is 32.2. The van der Waals surface area contributed by atoms with Crippen LogP contribution in [0, 0.1) is 6.92 Å². The van der Waals surface area contributed by atoms with E-state index < -0.39 is 0 Å². The van der Waals surface area contributed by atoms with E-state index in [1.807, 2.05) is 23.9 Å². The predicted octanol–water partition coefficient (Wildman–Crippen LogP) is 3.54. The molecule has 1 fully saturated rings. The largest absolute Gasteiger partial charge is 0.483 e. The van der Waals surface area contributed by atoms with Crippen molar-refractivity contribution in [3.63, 3.8) is 0 Å². The molecule has 1 aromatic carbocycles. The normalized spacial score (nSPS) is 19.9. The van der Waals surface area contributed by atoms with Crippen LogP contribution in [-0.4, -0.2) is 34.6 Å². The third-order valence-corrected chi connectivity index (χ3v) is 5.28. The molecule has 3 heterocycles. The molecule has 2 aliphatic rings. The maximum atomic E-state index is 6.27. The molecular weight excluding hydrogens is 308 g/mol. The fourth-order valence-corrected chi connectivity index (χ4v) is 4.06. The van der Waals surface area contributed by atoms with Crippen molar-refractivity contribution < 1.29 is 4.74 Å². The van der Waals surface area contributed by atoms with Crippen LogP contribution in [0.4, 0.5) is 17.3 Å². The highest BCUT2D eigenvalue weighted by molar-refractivity contribution is 7.99. The molecule has 1 aromatic heterocycles. The molecule has 2 aliphatic heterocycles. The molecule has 1 N–H and O–H groups in total. The van der Waals surface area contributed by atoms with Gasteiger partial charge in [0.05, 0.1) is 11.3 Å². The second-order valence-electron chi connectivity index (χ2n) is 5.90. The lowest BCUT2D eigenvalue weighted by molar-refractivity contribution is 0.229. The highest BCUT2D eigenvalue weighted by Crippen LogP contribution is 2.42. The standard InChI is InChI=1S/C17H20N4OS/c1-11-4-3-5-13-15(11)22-12(2)14-16(20-13)18-10-19-17(14)21-6-8-23-9-7-21/h3-5,10,12H,6-9H2,1-2H3,(H,18,19,20). The Labute approximate surface area is 140 Å². The molecular formula is C17H20N4OS. The minimum Gasteiger partial charge on any atom is -0.483 e. The van der Waals surface area contributed by atoms with Crippen molar-refractivity contribution >= 4 is 29.1 Å². The van der Waals surface area contributed by atoms with Crippen molar-refractivity contribution in [2.45, 2.75) is 20.0 Å². The van der Waals surface area contributed by atoms with Gasteiger partial charge in [-0.25, -0.2) is 9.97 Å². The Morgan fingerprint density at radius 3 is 2.91 bits per heavy atom. The third-order valence-electron chi connectivity index (χ3n) is 4.34. The summed E-state index contributed by atoms with van der Waals surface area (Å²) in [4.78, 5) is 11.4. The van der Waals surface area contributed by atoms with Crippen LogP contribution in [-0.2, 0) is 0 Å². The number of rotatable bonds is 1.